The van der Waals surface area contributed by atoms with Gasteiger partial charge in [-0.25, -0.2) is 9.78 Å². The molecule has 0 fully saturated rings. The Balaban J connectivity index is 1.92. The molecule has 0 aliphatic heterocycles. The van der Waals surface area contributed by atoms with Crippen molar-refractivity contribution in [2.75, 3.05) is 11.9 Å². The molecule has 0 radical (unpaired) electrons. The average molecular weight is 383 g/mol. The van der Waals surface area contributed by atoms with E-state index in [9.17, 15) is 14.4 Å². The van der Waals surface area contributed by atoms with Gasteiger partial charge in [-0.3, -0.25) is 9.59 Å². The fourth-order valence-corrected chi connectivity index (χ4v) is 2.54. The minimum atomic E-state index is -0.836. The number of esters is 1. The van der Waals surface area contributed by atoms with Crippen LogP contribution in [0, 0.1) is 12.8 Å². The van der Waals surface area contributed by atoms with Gasteiger partial charge in [0.05, 0.1) is 0 Å². The Labute approximate surface area is 164 Å². The number of pyridine rings is 1. The molecular weight excluding hydrogens is 358 g/mol. The van der Waals surface area contributed by atoms with E-state index >= 15 is 0 Å². The first-order chi connectivity index (χ1) is 13.3. The van der Waals surface area contributed by atoms with E-state index in [1.807, 2.05) is 26.8 Å². The van der Waals surface area contributed by atoms with Gasteiger partial charge in [0.25, 0.3) is 11.8 Å². The number of hydrogen-bond donors (Lipinski definition) is 2. The number of nitrogens with one attached hydrogen (secondary N) is 2. The van der Waals surface area contributed by atoms with Gasteiger partial charge >= 0.3 is 5.97 Å². The quantitative estimate of drug-likeness (QED) is 0.683. The molecule has 0 saturated heterocycles. The molecule has 1 aromatic carbocycles. The van der Waals surface area contributed by atoms with E-state index in [-0.39, 0.29) is 11.8 Å². The number of aromatic nitrogens is 1. The molecule has 2 N–H and O–H groups in total. The number of ether oxygens (including phenoxy) is 1. The van der Waals surface area contributed by atoms with Crippen LogP contribution in [0.2, 0.25) is 0 Å². The summed E-state index contributed by atoms with van der Waals surface area (Å²) in [5, 5.41) is 5.26. The van der Waals surface area contributed by atoms with E-state index < -0.39 is 24.5 Å². The molecular formula is C21H25N3O4. The first-order valence-electron chi connectivity index (χ1n) is 9.10. The lowest BCUT2D eigenvalue weighted by molar-refractivity contribution is -0.149. The molecule has 0 aliphatic rings. The van der Waals surface area contributed by atoms with Crippen LogP contribution in [0.3, 0.4) is 0 Å². The highest BCUT2D eigenvalue weighted by Crippen LogP contribution is 2.09. The first-order valence-corrected chi connectivity index (χ1v) is 9.10. The number of anilines is 1. The lowest BCUT2D eigenvalue weighted by atomic mass is 10.0. The molecule has 1 heterocycles. The molecule has 2 amide bonds. The highest BCUT2D eigenvalue weighted by Gasteiger charge is 2.24. The predicted molar refractivity (Wildman–Crippen MR) is 106 cm³/mol. The van der Waals surface area contributed by atoms with Gasteiger partial charge in [-0.1, -0.05) is 32.0 Å². The van der Waals surface area contributed by atoms with Crippen molar-refractivity contribution in [1.82, 2.24) is 10.3 Å². The summed E-state index contributed by atoms with van der Waals surface area (Å²) in [6.07, 6.45) is 1.98. The second kappa shape index (κ2) is 10.2. The van der Waals surface area contributed by atoms with E-state index in [1.165, 1.54) is 0 Å². The van der Waals surface area contributed by atoms with Gasteiger partial charge in [-0.05, 0) is 49.1 Å². The number of benzene rings is 1. The standard InChI is InChI=1S/C21H25N3O4/c1-14(2)11-17(23-20(26)16-7-5-4-6-8-16)21(27)28-13-19(25)24-18-12-15(3)9-10-22-18/h4-10,12,14,17H,11,13H2,1-3H3,(H,23,26)(H,22,24,25). The van der Waals surface area contributed by atoms with Gasteiger partial charge in [0.2, 0.25) is 0 Å². The topological polar surface area (TPSA) is 97.4 Å². The number of aryl methyl sites for hydroxylation is 1. The number of hydrogen-bond acceptors (Lipinski definition) is 5. The summed E-state index contributed by atoms with van der Waals surface area (Å²) in [4.78, 5) is 40.8. The van der Waals surface area contributed by atoms with Crippen molar-refractivity contribution >= 4 is 23.6 Å². The summed E-state index contributed by atoms with van der Waals surface area (Å²) in [6.45, 7) is 5.30. The SMILES string of the molecule is Cc1ccnc(NC(=O)COC(=O)C(CC(C)C)NC(=O)c2ccccc2)c1. The average Bonchev–Trinajstić information content (AvgIpc) is 2.66. The lowest BCUT2D eigenvalue weighted by Gasteiger charge is -2.19. The highest BCUT2D eigenvalue weighted by molar-refractivity contribution is 5.97. The fourth-order valence-electron chi connectivity index (χ4n) is 2.54. The Kier molecular flexibility index (Phi) is 7.68. The summed E-state index contributed by atoms with van der Waals surface area (Å²) in [6, 6.07) is 11.3. The number of nitrogens with zero attached hydrogens (tertiary/aromatic N) is 1. The second-order valence-corrected chi connectivity index (χ2v) is 6.90. The Morgan fingerprint density at radius 3 is 2.46 bits per heavy atom. The number of amides is 2. The predicted octanol–water partition coefficient (Wildman–Crippen LogP) is 2.72. The lowest BCUT2D eigenvalue weighted by Crippen LogP contribution is -2.43. The third-order valence-electron chi connectivity index (χ3n) is 3.86. The van der Waals surface area contributed by atoms with Crippen LogP contribution in [0.25, 0.3) is 0 Å². The van der Waals surface area contributed by atoms with E-state index in [1.54, 1.807) is 42.6 Å². The van der Waals surface area contributed by atoms with Crippen LogP contribution in [-0.4, -0.2) is 35.4 Å². The molecule has 1 atom stereocenters. The van der Waals surface area contributed by atoms with Crippen molar-refractivity contribution in [3.05, 3.63) is 59.8 Å². The maximum Gasteiger partial charge on any atom is 0.329 e. The Hall–Kier alpha value is -3.22. The third-order valence-corrected chi connectivity index (χ3v) is 3.86. The van der Waals surface area contributed by atoms with Crippen LogP contribution >= 0.6 is 0 Å². The molecule has 2 aromatic rings. The molecule has 7 heteroatoms. The fraction of sp³-hybridized carbons (Fsp3) is 0.333. The van der Waals surface area contributed by atoms with Crippen LogP contribution in [-0.2, 0) is 14.3 Å². The van der Waals surface area contributed by atoms with Crippen LogP contribution < -0.4 is 10.6 Å². The number of rotatable bonds is 8. The first kappa shape index (κ1) is 21.1. The van der Waals surface area contributed by atoms with Gasteiger partial charge in [-0.2, -0.15) is 0 Å². The van der Waals surface area contributed by atoms with Crippen LogP contribution in [0.1, 0.15) is 36.2 Å². The molecule has 1 unspecified atom stereocenters. The minimum absolute atomic E-state index is 0.152. The van der Waals surface area contributed by atoms with Crippen molar-refractivity contribution in [2.24, 2.45) is 5.92 Å². The maximum absolute atomic E-state index is 12.4. The molecule has 28 heavy (non-hydrogen) atoms. The summed E-state index contributed by atoms with van der Waals surface area (Å²) < 4.78 is 5.11. The van der Waals surface area contributed by atoms with Crippen LogP contribution in [0.5, 0.6) is 0 Å². The van der Waals surface area contributed by atoms with Gasteiger partial charge in [0.15, 0.2) is 6.61 Å². The smallest absolute Gasteiger partial charge is 0.329 e. The van der Waals surface area contributed by atoms with Crippen molar-refractivity contribution in [3.63, 3.8) is 0 Å². The highest BCUT2D eigenvalue weighted by atomic mass is 16.5. The van der Waals surface area contributed by atoms with Gasteiger partial charge < -0.3 is 15.4 Å². The second-order valence-electron chi connectivity index (χ2n) is 6.90. The molecule has 0 saturated carbocycles. The summed E-state index contributed by atoms with van der Waals surface area (Å²) in [5.74, 6) is -0.970. The molecule has 7 nitrogen and oxygen atoms in total. The number of carbonyl (C=O) groups excluding carboxylic acids is 3. The van der Waals surface area contributed by atoms with E-state index in [4.69, 9.17) is 4.74 Å². The normalized spacial score (nSPS) is 11.6. The zero-order valence-corrected chi connectivity index (χ0v) is 16.3. The van der Waals surface area contributed by atoms with Crippen LogP contribution in [0.4, 0.5) is 5.82 Å². The molecule has 1 aromatic heterocycles. The van der Waals surface area contributed by atoms with Gasteiger partial charge in [-0.15, -0.1) is 0 Å². The maximum atomic E-state index is 12.4. The van der Waals surface area contributed by atoms with E-state index in [2.05, 4.69) is 15.6 Å². The number of carbonyl (C=O) groups is 3. The molecule has 0 aliphatic carbocycles. The summed E-state index contributed by atoms with van der Waals surface area (Å²) >= 11 is 0. The molecule has 2 rings (SSSR count). The summed E-state index contributed by atoms with van der Waals surface area (Å²) in [5.41, 5.74) is 1.40. The van der Waals surface area contributed by atoms with Crippen molar-refractivity contribution in [1.29, 1.82) is 0 Å². The minimum Gasteiger partial charge on any atom is -0.454 e. The van der Waals surface area contributed by atoms with Gasteiger partial charge in [0, 0.05) is 11.8 Å². The monoisotopic (exact) mass is 383 g/mol. The Morgan fingerprint density at radius 2 is 1.82 bits per heavy atom. The molecule has 148 valence electrons. The van der Waals surface area contributed by atoms with Crippen molar-refractivity contribution in [3.8, 4) is 0 Å². The van der Waals surface area contributed by atoms with Crippen molar-refractivity contribution in [2.45, 2.75) is 33.2 Å². The molecule has 0 spiro atoms. The largest absolute Gasteiger partial charge is 0.454 e. The summed E-state index contributed by atoms with van der Waals surface area (Å²) in [7, 11) is 0. The third kappa shape index (κ3) is 6.83. The zero-order valence-electron chi connectivity index (χ0n) is 16.3. The Bertz CT molecular complexity index is 821. The zero-order chi connectivity index (χ0) is 20.5. The van der Waals surface area contributed by atoms with Crippen LogP contribution in [0.15, 0.2) is 48.7 Å². The van der Waals surface area contributed by atoms with Crippen molar-refractivity contribution < 1.29 is 19.1 Å². The Morgan fingerprint density at radius 1 is 1.11 bits per heavy atom. The molecule has 0 bridgehead atoms. The van der Waals surface area contributed by atoms with E-state index in [0.717, 1.165) is 5.56 Å². The van der Waals surface area contributed by atoms with Gasteiger partial charge in [0.1, 0.15) is 11.9 Å². The van der Waals surface area contributed by atoms with E-state index in [0.29, 0.717) is 17.8 Å².